The van der Waals surface area contributed by atoms with Crippen molar-refractivity contribution in [2.45, 2.75) is 12.1 Å². The molecule has 0 spiro atoms. The Balaban J connectivity index is 1.84. The zero-order chi connectivity index (χ0) is 16.5. The summed E-state index contributed by atoms with van der Waals surface area (Å²) in [7, 11) is 0. The fourth-order valence-electron chi connectivity index (χ4n) is 3.01. The number of nitrogens with one attached hydrogen (secondary N) is 1. The summed E-state index contributed by atoms with van der Waals surface area (Å²) in [6, 6.07) is 15.4. The van der Waals surface area contributed by atoms with Crippen LogP contribution in [0, 0.1) is 5.82 Å². The maximum atomic E-state index is 14.4. The summed E-state index contributed by atoms with van der Waals surface area (Å²) in [5.74, 6) is 0.362. The number of anilines is 1. The van der Waals surface area contributed by atoms with E-state index in [4.69, 9.17) is 16.6 Å². The molecule has 1 saturated heterocycles. The number of para-hydroxylation sites is 1. The minimum atomic E-state index is -0.333. The van der Waals surface area contributed by atoms with Gasteiger partial charge in [-0.05, 0) is 48.6 Å². The van der Waals surface area contributed by atoms with Gasteiger partial charge in [0.15, 0.2) is 5.11 Å². The molecule has 4 nitrogen and oxygen atoms in total. The van der Waals surface area contributed by atoms with Gasteiger partial charge in [-0.1, -0.05) is 18.2 Å². The molecule has 24 heavy (non-hydrogen) atoms. The third kappa shape index (κ3) is 2.45. The van der Waals surface area contributed by atoms with Crippen molar-refractivity contribution in [2.75, 3.05) is 4.90 Å². The largest absolute Gasteiger partial charge is 0.467 e. The van der Waals surface area contributed by atoms with E-state index in [1.807, 2.05) is 30.3 Å². The number of furan rings is 1. The lowest BCUT2D eigenvalue weighted by Gasteiger charge is -2.26. The van der Waals surface area contributed by atoms with Crippen LogP contribution in [0.4, 0.5) is 10.1 Å². The summed E-state index contributed by atoms with van der Waals surface area (Å²) >= 11 is 5.49. The maximum Gasteiger partial charge on any atom is 0.174 e. The van der Waals surface area contributed by atoms with E-state index in [0.29, 0.717) is 16.6 Å². The van der Waals surface area contributed by atoms with Gasteiger partial charge in [0.2, 0.25) is 0 Å². The average molecular weight is 339 g/mol. The summed E-state index contributed by atoms with van der Waals surface area (Å²) < 4.78 is 20.0. The number of aromatic nitrogens is 1. The SMILES string of the molecule is Fc1ccccc1N1C(=S)N[C@H](c2ccccn2)[C@H]1c1ccco1. The van der Waals surface area contributed by atoms with Gasteiger partial charge in [-0.2, -0.15) is 0 Å². The average Bonchev–Trinajstić information content (AvgIpc) is 3.24. The van der Waals surface area contributed by atoms with Crippen molar-refractivity contribution in [1.29, 1.82) is 0 Å². The van der Waals surface area contributed by atoms with Crippen molar-refractivity contribution >= 4 is 23.0 Å². The number of thiocarbonyl (C=S) groups is 1. The minimum Gasteiger partial charge on any atom is -0.467 e. The molecule has 3 heterocycles. The first-order valence-electron chi connectivity index (χ1n) is 7.54. The number of halogens is 1. The van der Waals surface area contributed by atoms with E-state index in [-0.39, 0.29) is 17.9 Å². The first kappa shape index (κ1) is 14.8. The van der Waals surface area contributed by atoms with Crippen molar-refractivity contribution in [3.63, 3.8) is 0 Å². The Hall–Kier alpha value is -2.73. The Morgan fingerprint density at radius 1 is 1.08 bits per heavy atom. The number of benzene rings is 1. The highest BCUT2D eigenvalue weighted by Crippen LogP contribution is 2.42. The molecule has 0 saturated carbocycles. The van der Waals surface area contributed by atoms with Gasteiger partial charge >= 0.3 is 0 Å². The van der Waals surface area contributed by atoms with Gasteiger partial charge in [-0.3, -0.25) is 4.98 Å². The molecule has 0 radical (unpaired) electrons. The molecule has 1 aliphatic rings. The van der Waals surface area contributed by atoms with Crippen LogP contribution in [0.5, 0.6) is 0 Å². The van der Waals surface area contributed by atoms with Crippen molar-refractivity contribution in [2.24, 2.45) is 0 Å². The van der Waals surface area contributed by atoms with Crippen LogP contribution in [-0.4, -0.2) is 10.1 Å². The van der Waals surface area contributed by atoms with Gasteiger partial charge in [0.1, 0.15) is 17.6 Å². The number of pyridine rings is 1. The smallest absolute Gasteiger partial charge is 0.174 e. The van der Waals surface area contributed by atoms with Crippen molar-refractivity contribution in [1.82, 2.24) is 10.3 Å². The molecule has 2 atom stereocenters. The Bertz CT molecular complexity index is 854. The molecule has 4 rings (SSSR count). The number of hydrogen-bond donors (Lipinski definition) is 1. The summed E-state index contributed by atoms with van der Waals surface area (Å²) in [6.07, 6.45) is 3.33. The second-order valence-corrected chi connectivity index (χ2v) is 5.85. The molecule has 0 amide bonds. The predicted molar refractivity (Wildman–Crippen MR) is 93.0 cm³/mol. The van der Waals surface area contributed by atoms with E-state index in [9.17, 15) is 4.39 Å². The van der Waals surface area contributed by atoms with E-state index in [2.05, 4.69) is 10.3 Å². The topological polar surface area (TPSA) is 41.3 Å². The standard InChI is InChI=1S/C18H14FN3OS/c19-12-6-1-2-8-14(12)22-17(15-9-5-11-23-15)16(21-18(22)24)13-7-3-4-10-20-13/h1-11,16-17H,(H,21,24)/t16-,17-/m1/s1. The predicted octanol–water partition coefficient (Wildman–Crippen LogP) is 3.99. The zero-order valence-corrected chi connectivity index (χ0v) is 13.4. The number of nitrogens with zero attached hydrogens (tertiary/aromatic N) is 2. The van der Waals surface area contributed by atoms with Crippen molar-refractivity contribution < 1.29 is 8.81 Å². The maximum absolute atomic E-state index is 14.4. The molecule has 6 heteroatoms. The quantitative estimate of drug-likeness (QED) is 0.731. The van der Waals surface area contributed by atoms with Crippen LogP contribution in [0.15, 0.2) is 71.5 Å². The van der Waals surface area contributed by atoms with E-state index in [1.54, 1.807) is 35.6 Å². The summed E-state index contributed by atoms with van der Waals surface area (Å²) in [4.78, 5) is 6.17. The molecule has 1 aromatic carbocycles. The molecular weight excluding hydrogens is 325 g/mol. The van der Waals surface area contributed by atoms with Crippen LogP contribution in [-0.2, 0) is 0 Å². The number of hydrogen-bond acceptors (Lipinski definition) is 3. The molecule has 0 unspecified atom stereocenters. The molecule has 0 aliphatic carbocycles. The van der Waals surface area contributed by atoms with Crippen LogP contribution in [0.1, 0.15) is 23.5 Å². The molecule has 0 bridgehead atoms. The Labute approximate surface area is 143 Å². The van der Waals surface area contributed by atoms with E-state index in [0.717, 1.165) is 5.69 Å². The third-order valence-electron chi connectivity index (χ3n) is 4.04. The highest BCUT2D eigenvalue weighted by Gasteiger charge is 2.43. The van der Waals surface area contributed by atoms with E-state index in [1.165, 1.54) is 6.07 Å². The van der Waals surface area contributed by atoms with Gasteiger partial charge < -0.3 is 14.6 Å². The lowest BCUT2D eigenvalue weighted by atomic mass is 10.0. The molecule has 120 valence electrons. The summed E-state index contributed by atoms with van der Waals surface area (Å²) in [6.45, 7) is 0. The Morgan fingerprint density at radius 3 is 2.62 bits per heavy atom. The summed E-state index contributed by atoms with van der Waals surface area (Å²) in [5.41, 5.74) is 1.23. The zero-order valence-electron chi connectivity index (χ0n) is 12.6. The van der Waals surface area contributed by atoms with Gasteiger partial charge in [0.05, 0.1) is 23.7 Å². The molecule has 1 aliphatic heterocycles. The van der Waals surface area contributed by atoms with Crippen LogP contribution in [0.3, 0.4) is 0 Å². The van der Waals surface area contributed by atoms with Crippen LogP contribution in [0.25, 0.3) is 0 Å². The highest BCUT2D eigenvalue weighted by atomic mass is 32.1. The Morgan fingerprint density at radius 2 is 1.92 bits per heavy atom. The highest BCUT2D eigenvalue weighted by molar-refractivity contribution is 7.80. The summed E-state index contributed by atoms with van der Waals surface area (Å²) in [5, 5.41) is 3.69. The van der Waals surface area contributed by atoms with Gasteiger partial charge in [0, 0.05) is 6.20 Å². The van der Waals surface area contributed by atoms with Gasteiger partial charge in [0.25, 0.3) is 0 Å². The fourth-order valence-corrected chi connectivity index (χ4v) is 3.35. The lowest BCUT2D eigenvalue weighted by molar-refractivity contribution is 0.430. The Kier molecular flexibility index (Phi) is 3.74. The van der Waals surface area contributed by atoms with Crippen LogP contribution < -0.4 is 10.2 Å². The monoisotopic (exact) mass is 339 g/mol. The molecule has 1 N–H and O–H groups in total. The van der Waals surface area contributed by atoms with Crippen LogP contribution in [0.2, 0.25) is 0 Å². The third-order valence-corrected chi connectivity index (χ3v) is 4.36. The fraction of sp³-hybridized carbons (Fsp3) is 0.111. The molecule has 1 fully saturated rings. The van der Waals surface area contributed by atoms with Crippen molar-refractivity contribution in [3.8, 4) is 0 Å². The first-order valence-corrected chi connectivity index (χ1v) is 7.95. The number of rotatable bonds is 3. The lowest BCUT2D eigenvalue weighted by Crippen LogP contribution is -2.30. The van der Waals surface area contributed by atoms with Gasteiger partial charge in [-0.25, -0.2) is 4.39 Å². The van der Waals surface area contributed by atoms with Gasteiger partial charge in [-0.15, -0.1) is 0 Å². The van der Waals surface area contributed by atoms with E-state index >= 15 is 0 Å². The molecule has 2 aromatic heterocycles. The molecule has 3 aromatic rings. The normalized spacial score (nSPS) is 20.2. The second-order valence-electron chi connectivity index (χ2n) is 5.46. The van der Waals surface area contributed by atoms with Crippen LogP contribution >= 0.6 is 12.2 Å². The first-order chi connectivity index (χ1) is 11.8. The van der Waals surface area contributed by atoms with E-state index < -0.39 is 0 Å². The van der Waals surface area contributed by atoms with Crippen molar-refractivity contribution in [3.05, 3.63) is 84.3 Å². The molecular formula is C18H14FN3OS. The second kappa shape index (κ2) is 6.05. The minimum absolute atomic E-state index is 0.232.